The molecular weight excluding hydrogens is 360 g/mol. The van der Waals surface area contributed by atoms with Crippen LogP contribution in [0.4, 0.5) is 5.69 Å². The topological polar surface area (TPSA) is 44.9 Å². The van der Waals surface area contributed by atoms with Gasteiger partial charge in [-0.15, -0.1) is 0 Å². The minimum absolute atomic E-state index is 0.500. The number of β-amino-alcohol motifs (C(OH)–C–C–N with tert-alkyl or cyclic N) is 1. The van der Waals surface area contributed by atoms with E-state index < -0.39 is 5.72 Å². The lowest BCUT2D eigenvalue weighted by molar-refractivity contribution is -0.656. The highest BCUT2D eigenvalue weighted by atomic mass is 32.2. The third-order valence-electron chi connectivity index (χ3n) is 5.45. The molecule has 0 radical (unpaired) electrons. The van der Waals surface area contributed by atoms with Crippen molar-refractivity contribution in [2.24, 2.45) is 0 Å². The summed E-state index contributed by atoms with van der Waals surface area (Å²) in [7, 11) is 0. The van der Waals surface area contributed by atoms with Gasteiger partial charge in [0.25, 0.3) is 5.72 Å². The molecule has 0 aliphatic carbocycles. The molecule has 0 saturated heterocycles. The van der Waals surface area contributed by atoms with Gasteiger partial charge in [0.05, 0.1) is 6.54 Å². The minimum atomic E-state index is -1.08. The maximum atomic E-state index is 11.8. The number of ether oxygens (including phenoxy) is 2. The van der Waals surface area contributed by atoms with Gasteiger partial charge >= 0.3 is 5.17 Å². The zero-order valence-corrected chi connectivity index (χ0v) is 16.2. The summed E-state index contributed by atoms with van der Waals surface area (Å²) in [6.07, 6.45) is 1.06. The van der Waals surface area contributed by atoms with Crippen LogP contribution in [0, 0.1) is 6.92 Å². The van der Waals surface area contributed by atoms with Gasteiger partial charge in [0.1, 0.15) is 18.9 Å². The number of rotatable bonds is 2. The first-order chi connectivity index (χ1) is 13.2. The molecule has 1 atom stereocenters. The summed E-state index contributed by atoms with van der Waals surface area (Å²) in [4.78, 5) is 2.26. The Bertz CT molecular complexity index is 929. The Hall–Kier alpha value is -2.18. The lowest BCUT2D eigenvalue weighted by atomic mass is 10.0. The van der Waals surface area contributed by atoms with Crippen molar-refractivity contribution in [2.45, 2.75) is 19.1 Å². The Kier molecular flexibility index (Phi) is 4.06. The first kappa shape index (κ1) is 17.0. The smallest absolute Gasteiger partial charge is 0.316 e. The normalized spacial score (nSPS) is 24.1. The van der Waals surface area contributed by atoms with Gasteiger partial charge in [-0.3, -0.25) is 0 Å². The van der Waals surface area contributed by atoms with E-state index in [1.165, 1.54) is 5.56 Å². The van der Waals surface area contributed by atoms with Gasteiger partial charge in [-0.25, -0.2) is 9.48 Å². The maximum absolute atomic E-state index is 11.8. The van der Waals surface area contributed by atoms with Gasteiger partial charge in [-0.1, -0.05) is 18.2 Å². The van der Waals surface area contributed by atoms with Crippen LogP contribution in [0.3, 0.4) is 0 Å². The summed E-state index contributed by atoms with van der Waals surface area (Å²) in [6, 6.07) is 14.2. The Labute approximate surface area is 163 Å². The lowest BCUT2D eigenvalue weighted by Gasteiger charge is -2.26. The van der Waals surface area contributed by atoms with Crippen molar-refractivity contribution in [3.63, 3.8) is 0 Å². The van der Waals surface area contributed by atoms with Gasteiger partial charge < -0.3 is 14.6 Å². The Morgan fingerprint density at radius 1 is 1.11 bits per heavy atom. The second-order valence-corrected chi connectivity index (χ2v) is 8.25. The highest BCUT2D eigenvalue weighted by molar-refractivity contribution is 8.13. The number of thioether (sulfide) groups is 1. The average Bonchev–Trinajstić information content (AvgIpc) is 3.02. The zero-order valence-electron chi connectivity index (χ0n) is 15.4. The molecule has 5 rings (SSSR count). The largest absolute Gasteiger partial charge is 0.486 e. The molecule has 2 aromatic carbocycles. The van der Waals surface area contributed by atoms with Crippen LogP contribution in [0.25, 0.3) is 0 Å². The lowest BCUT2D eigenvalue weighted by Crippen LogP contribution is -2.41. The molecule has 5 nitrogen and oxygen atoms in total. The molecule has 0 fully saturated rings. The molecule has 0 spiro atoms. The van der Waals surface area contributed by atoms with E-state index in [0.717, 1.165) is 40.9 Å². The van der Waals surface area contributed by atoms with E-state index in [9.17, 15) is 5.11 Å². The van der Waals surface area contributed by atoms with Crippen LogP contribution in [-0.2, 0) is 5.72 Å². The van der Waals surface area contributed by atoms with Gasteiger partial charge in [0.15, 0.2) is 18.0 Å². The molecule has 2 aromatic rings. The molecule has 0 unspecified atom stereocenters. The predicted molar refractivity (Wildman–Crippen MR) is 107 cm³/mol. The number of hydrogen-bond acceptors (Lipinski definition) is 5. The number of amidine groups is 1. The number of nitrogens with zero attached hydrogens (tertiary/aromatic N) is 2. The molecule has 0 saturated carbocycles. The summed E-state index contributed by atoms with van der Waals surface area (Å²) in [5.74, 6) is 2.54. The van der Waals surface area contributed by atoms with Crippen molar-refractivity contribution >= 4 is 22.6 Å². The SMILES string of the molecule is Cc1ccccc1N1C[C@](O)(c2ccc3c(c2)OCCO3)[N+]2=C1SCCC2. The molecule has 0 bridgehead atoms. The van der Waals surface area contributed by atoms with E-state index >= 15 is 0 Å². The Balaban J connectivity index is 1.60. The van der Waals surface area contributed by atoms with Gasteiger partial charge in [0.2, 0.25) is 0 Å². The molecule has 140 valence electrons. The van der Waals surface area contributed by atoms with Crippen molar-refractivity contribution in [3.05, 3.63) is 53.6 Å². The standard InChI is InChI=1S/C21H23N2O3S/c1-15-5-2-3-6-17(15)22-14-21(24,23-9-4-12-27-20(22)23)16-7-8-18-19(13-16)26-11-10-25-18/h2-3,5-8,13,24H,4,9-12,14H2,1H3/q+1/t21-/m0/s1. The summed E-state index contributed by atoms with van der Waals surface area (Å²) < 4.78 is 13.6. The molecule has 6 heteroatoms. The molecule has 3 heterocycles. The number of anilines is 1. The monoisotopic (exact) mass is 383 g/mol. The molecule has 0 aromatic heterocycles. The van der Waals surface area contributed by atoms with Crippen molar-refractivity contribution in [2.75, 3.05) is 37.0 Å². The molecule has 0 amide bonds. The van der Waals surface area contributed by atoms with Crippen LogP contribution >= 0.6 is 11.8 Å². The number of fused-ring (bicyclic) bond motifs is 1. The van der Waals surface area contributed by atoms with Crippen LogP contribution in [0.5, 0.6) is 11.5 Å². The maximum Gasteiger partial charge on any atom is 0.316 e. The molecule has 3 aliphatic rings. The molecular formula is C21H23N2O3S+. The average molecular weight is 383 g/mol. The van der Waals surface area contributed by atoms with Crippen LogP contribution in [-0.4, -0.2) is 46.9 Å². The van der Waals surface area contributed by atoms with E-state index in [2.05, 4.69) is 40.7 Å². The fourth-order valence-electron chi connectivity index (χ4n) is 4.09. The quantitative estimate of drug-likeness (QED) is 0.808. The third kappa shape index (κ3) is 2.70. The van der Waals surface area contributed by atoms with Gasteiger partial charge in [-0.2, -0.15) is 0 Å². The second kappa shape index (κ2) is 6.46. The van der Waals surface area contributed by atoms with Crippen molar-refractivity contribution in [3.8, 4) is 11.5 Å². The van der Waals surface area contributed by atoms with E-state index in [-0.39, 0.29) is 0 Å². The van der Waals surface area contributed by atoms with Crippen molar-refractivity contribution in [1.29, 1.82) is 0 Å². The second-order valence-electron chi connectivity index (χ2n) is 7.18. The molecule has 3 aliphatic heterocycles. The van der Waals surface area contributed by atoms with Crippen LogP contribution < -0.4 is 14.4 Å². The first-order valence-corrected chi connectivity index (χ1v) is 10.4. The fourth-order valence-corrected chi connectivity index (χ4v) is 5.27. The van der Waals surface area contributed by atoms with Gasteiger partial charge in [-0.05, 0) is 54.9 Å². The number of para-hydroxylation sites is 1. The molecule has 1 N–H and O–H groups in total. The Morgan fingerprint density at radius 2 is 1.93 bits per heavy atom. The third-order valence-corrected chi connectivity index (χ3v) is 6.65. The van der Waals surface area contributed by atoms with Crippen LogP contribution in [0.2, 0.25) is 0 Å². The number of benzene rings is 2. The number of hydrogen-bond donors (Lipinski definition) is 1. The Morgan fingerprint density at radius 3 is 2.78 bits per heavy atom. The van der Waals surface area contributed by atoms with Crippen molar-refractivity contribution in [1.82, 2.24) is 0 Å². The summed E-state index contributed by atoms with van der Waals surface area (Å²) in [6.45, 7) is 4.57. The number of aryl methyl sites for hydroxylation is 1. The van der Waals surface area contributed by atoms with E-state index in [1.54, 1.807) is 0 Å². The highest BCUT2D eigenvalue weighted by Gasteiger charge is 2.53. The number of aliphatic hydroxyl groups is 1. The predicted octanol–water partition coefficient (Wildman–Crippen LogP) is 2.94. The van der Waals surface area contributed by atoms with Crippen molar-refractivity contribution < 1.29 is 19.2 Å². The van der Waals surface area contributed by atoms with Gasteiger partial charge in [0, 0.05) is 11.3 Å². The summed E-state index contributed by atoms with van der Waals surface area (Å²) in [5, 5.41) is 13.0. The van der Waals surface area contributed by atoms with Crippen LogP contribution in [0.15, 0.2) is 42.5 Å². The minimum Gasteiger partial charge on any atom is -0.486 e. The highest BCUT2D eigenvalue weighted by Crippen LogP contribution is 2.41. The van der Waals surface area contributed by atoms with Crippen LogP contribution in [0.1, 0.15) is 17.5 Å². The van der Waals surface area contributed by atoms with E-state index in [4.69, 9.17) is 9.47 Å². The summed E-state index contributed by atoms with van der Waals surface area (Å²) in [5.41, 5.74) is 2.13. The zero-order chi connectivity index (χ0) is 18.4. The fraction of sp³-hybridized carbons (Fsp3) is 0.381. The van der Waals surface area contributed by atoms with E-state index in [0.29, 0.717) is 25.5 Å². The molecule has 27 heavy (non-hydrogen) atoms. The first-order valence-electron chi connectivity index (χ1n) is 9.40. The van der Waals surface area contributed by atoms with E-state index in [1.807, 2.05) is 30.0 Å². The summed E-state index contributed by atoms with van der Waals surface area (Å²) >= 11 is 1.82.